The lowest BCUT2D eigenvalue weighted by Crippen LogP contribution is -1.99. The highest BCUT2D eigenvalue weighted by atomic mass is 19.1. The van der Waals surface area contributed by atoms with Gasteiger partial charge in [-0.05, 0) is 0 Å². The maximum Gasteiger partial charge on any atom is 0.165 e. The average Bonchev–Trinajstić information content (AvgIpc) is 2.52. The van der Waals surface area contributed by atoms with E-state index in [0.717, 1.165) is 0 Å². The smallest absolute Gasteiger partial charge is 0.165 e. The highest BCUT2D eigenvalue weighted by Gasteiger charge is 2.05. The fourth-order valence-corrected chi connectivity index (χ4v) is 0.921. The molecule has 3 nitrogen and oxygen atoms in total. The predicted molar refractivity (Wildman–Crippen MR) is 42.8 cm³/mol. The fourth-order valence-electron chi connectivity index (χ4n) is 0.921. The van der Waals surface area contributed by atoms with Gasteiger partial charge in [-0.25, -0.2) is 4.39 Å². The lowest BCUT2D eigenvalue weighted by Gasteiger charge is -1.92. The first-order valence-electron chi connectivity index (χ1n) is 3.89. The van der Waals surface area contributed by atoms with Crippen molar-refractivity contribution in [3.05, 3.63) is 18.0 Å². The van der Waals surface area contributed by atoms with E-state index in [2.05, 4.69) is 5.10 Å². The van der Waals surface area contributed by atoms with Gasteiger partial charge in [0.15, 0.2) is 5.78 Å². The molecule has 0 unspecified atom stereocenters. The number of nitrogens with zero attached hydrogens (tertiary/aromatic N) is 2. The van der Waals surface area contributed by atoms with Gasteiger partial charge in [0.05, 0.1) is 18.3 Å². The van der Waals surface area contributed by atoms with Crippen molar-refractivity contribution in [2.45, 2.75) is 19.9 Å². The molecule has 0 aliphatic carbocycles. The van der Waals surface area contributed by atoms with E-state index in [1.807, 2.05) is 0 Å². The van der Waals surface area contributed by atoms with Crippen molar-refractivity contribution in [3.8, 4) is 0 Å². The molecule has 0 aromatic carbocycles. The summed E-state index contributed by atoms with van der Waals surface area (Å²) in [7, 11) is 0. The van der Waals surface area contributed by atoms with Crippen molar-refractivity contribution < 1.29 is 9.18 Å². The van der Waals surface area contributed by atoms with E-state index < -0.39 is 6.67 Å². The van der Waals surface area contributed by atoms with Gasteiger partial charge in [0, 0.05) is 12.6 Å². The first-order valence-corrected chi connectivity index (χ1v) is 3.89. The second kappa shape index (κ2) is 3.99. The highest BCUT2D eigenvalue weighted by Crippen LogP contribution is 2.01. The monoisotopic (exact) mass is 170 g/mol. The molecule has 0 aliphatic rings. The van der Waals surface area contributed by atoms with E-state index in [1.54, 1.807) is 13.1 Å². The molecule has 4 heteroatoms. The number of halogens is 1. The zero-order chi connectivity index (χ0) is 8.97. The van der Waals surface area contributed by atoms with Crippen LogP contribution in [0.2, 0.25) is 0 Å². The number of carbonyl (C=O) groups is 1. The number of hydrogen-bond acceptors (Lipinski definition) is 2. The molecule has 1 rings (SSSR count). The number of alkyl halides is 1. The summed E-state index contributed by atoms with van der Waals surface area (Å²) in [4.78, 5) is 11.1. The van der Waals surface area contributed by atoms with Crippen LogP contribution in [0.1, 0.15) is 23.7 Å². The van der Waals surface area contributed by atoms with Gasteiger partial charge in [0.25, 0.3) is 0 Å². The zero-order valence-corrected chi connectivity index (χ0v) is 6.96. The number of hydrogen-bond donors (Lipinski definition) is 0. The summed E-state index contributed by atoms with van der Waals surface area (Å²) in [5, 5.41) is 3.83. The Morgan fingerprint density at radius 1 is 1.75 bits per heavy atom. The third kappa shape index (κ3) is 1.90. The van der Waals surface area contributed by atoms with E-state index in [1.165, 1.54) is 10.9 Å². The summed E-state index contributed by atoms with van der Waals surface area (Å²) in [6.07, 6.45) is 3.51. The van der Waals surface area contributed by atoms with E-state index in [9.17, 15) is 9.18 Å². The maximum atomic E-state index is 11.8. The van der Waals surface area contributed by atoms with Crippen molar-refractivity contribution in [2.75, 3.05) is 6.67 Å². The van der Waals surface area contributed by atoms with E-state index in [0.29, 0.717) is 12.0 Å². The van der Waals surface area contributed by atoms with Crippen LogP contribution in [-0.2, 0) is 6.54 Å². The Kier molecular flexibility index (Phi) is 2.96. The van der Waals surface area contributed by atoms with E-state index in [4.69, 9.17) is 0 Å². The molecule has 0 radical (unpaired) electrons. The number of ketones is 1. The van der Waals surface area contributed by atoms with Crippen LogP contribution in [0.25, 0.3) is 0 Å². The third-order valence-corrected chi connectivity index (χ3v) is 1.59. The standard InChI is InChI=1S/C8H11FN2O/c1-2-8(12)7-5-10-11(6-7)4-3-9/h5-6H,2-4H2,1H3. The Balaban J connectivity index is 2.70. The third-order valence-electron chi connectivity index (χ3n) is 1.59. The summed E-state index contributed by atoms with van der Waals surface area (Å²) < 4.78 is 13.3. The molecule has 0 N–H and O–H groups in total. The van der Waals surface area contributed by atoms with E-state index in [-0.39, 0.29) is 12.3 Å². The van der Waals surface area contributed by atoms with Crippen LogP contribution in [0, 0.1) is 0 Å². The van der Waals surface area contributed by atoms with E-state index >= 15 is 0 Å². The average molecular weight is 170 g/mol. The Morgan fingerprint density at radius 2 is 2.50 bits per heavy atom. The van der Waals surface area contributed by atoms with Gasteiger partial charge in [-0.1, -0.05) is 6.92 Å². The van der Waals surface area contributed by atoms with Crippen LogP contribution in [0.5, 0.6) is 0 Å². The van der Waals surface area contributed by atoms with Crippen molar-refractivity contribution in [1.29, 1.82) is 0 Å². The Labute approximate surface area is 70.2 Å². The molecule has 0 saturated heterocycles. The Morgan fingerprint density at radius 3 is 3.08 bits per heavy atom. The van der Waals surface area contributed by atoms with Gasteiger partial charge in [-0.3, -0.25) is 9.48 Å². The molecule has 0 fully saturated rings. The first kappa shape index (κ1) is 8.90. The highest BCUT2D eigenvalue weighted by molar-refractivity contribution is 5.95. The summed E-state index contributed by atoms with van der Waals surface area (Å²) in [5.74, 6) is 0.0418. The van der Waals surface area contributed by atoms with Gasteiger partial charge in [0.2, 0.25) is 0 Å². The Bertz CT molecular complexity index is 270. The molecule has 0 saturated carbocycles. The number of Topliss-reactive ketones (excluding diaryl/α,β-unsaturated/α-hetero) is 1. The Hall–Kier alpha value is -1.19. The number of aromatic nitrogens is 2. The van der Waals surface area contributed by atoms with Crippen LogP contribution < -0.4 is 0 Å². The topological polar surface area (TPSA) is 34.9 Å². The van der Waals surface area contributed by atoms with Gasteiger partial charge < -0.3 is 0 Å². The van der Waals surface area contributed by atoms with Crippen molar-refractivity contribution in [1.82, 2.24) is 9.78 Å². The molecule has 0 aliphatic heterocycles. The second-order valence-electron chi connectivity index (χ2n) is 2.46. The normalized spacial score (nSPS) is 10.2. The maximum absolute atomic E-state index is 11.8. The number of aryl methyl sites for hydroxylation is 1. The molecule has 1 aromatic heterocycles. The molecule has 66 valence electrons. The minimum atomic E-state index is -0.457. The quantitative estimate of drug-likeness (QED) is 0.641. The van der Waals surface area contributed by atoms with Crippen LogP contribution in [0.4, 0.5) is 4.39 Å². The van der Waals surface area contributed by atoms with Crippen LogP contribution >= 0.6 is 0 Å². The predicted octanol–water partition coefficient (Wildman–Crippen LogP) is 1.45. The summed E-state index contributed by atoms with van der Waals surface area (Å²) in [6.45, 7) is 1.55. The van der Waals surface area contributed by atoms with Crippen LogP contribution in [0.3, 0.4) is 0 Å². The molecule has 1 aromatic rings. The molecule has 12 heavy (non-hydrogen) atoms. The lowest BCUT2D eigenvalue weighted by molar-refractivity contribution is 0.0988. The van der Waals surface area contributed by atoms with Gasteiger partial charge in [-0.15, -0.1) is 0 Å². The zero-order valence-electron chi connectivity index (χ0n) is 6.96. The van der Waals surface area contributed by atoms with Gasteiger partial charge in [-0.2, -0.15) is 5.10 Å². The van der Waals surface area contributed by atoms with Crippen molar-refractivity contribution in [3.63, 3.8) is 0 Å². The van der Waals surface area contributed by atoms with Crippen LogP contribution in [0.15, 0.2) is 12.4 Å². The van der Waals surface area contributed by atoms with Crippen molar-refractivity contribution >= 4 is 5.78 Å². The van der Waals surface area contributed by atoms with Crippen molar-refractivity contribution in [2.24, 2.45) is 0 Å². The molecule has 1 heterocycles. The molecular weight excluding hydrogens is 159 g/mol. The molecular formula is C8H11FN2O. The second-order valence-corrected chi connectivity index (χ2v) is 2.46. The summed E-state index contributed by atoms with van der Waals surface area (Å²) in [6, 6.07) is 0. The SMILES string of the molecule is CCC(=O)c1cnn(CCF)c1. The minimum absolute atomic E-state index is 0.0418. The van der Waals surface area contributed by atoms with Gasteiger partial charge in [0.1, 0.15) is 6.67 Å². The molecule has 0 atom stereocenters. The minimum Gasteiger partial charge on any atom is -0.294 e. The number of carbonyl (C=O) groups excluding carboxylic acids is 1. The fraction of sp³-hybridized carbons (Fsp3) is 0.500. The lowest BCUT2D eigenvalue weighted by atomic mass is 10.2. The molecule has 0 spiro atoms. The first-order chi connectivity index (χ1) is 5.77. The van der Waals surface area contributed by atoms with Crippen LogP contribution in [-0.4, -0.2) is 22.2 Å². The van der Waals surface area contributed by atoms with Gasteiger partial charge >= 0.3 is 0 Å². The number of rotatable bonds is 4. The summed E-state index contributed by atoms with van der Waals surface area (Å²) >= 11 is 0. The largest absolute Gasteiger partial charge is 0.294 e. The molecule has 0 amide bonds. The molecule has 0 bridgehead atoms. The summed E-state index contributed by atoms with van der Waals surface area (Å²) in [5.41, 5.74) is 0.561.